The van der Waals surface area contributed by atoms with Gasteiger partial charge >= 0.3 is 0 Å². The van der Waals surface area contributed by atoms with Crippen molar-refractivity contribution in [1.82, 2.24) is 14.9 Å². The van der Waals surface area contributed by atoms with Crippen LogP contribution in [0.5, 0.6) is 0 Å². The Morgan fingerprint density at radius 1 is 1.37 bits per heavy atom. The molecule has 1 aromatic heterocycles. The maximum atomic E-state index is 11.5. The highest BCUT2D eigenvalue weighted by molar-refractivity contribution is 7.91. The predicted octanol–water partition coefficient (Wildman–Crippen LogP) is 2.14. The first-order valence-corrected chi connectivity index (χ1v) is 9.20. The molecule has 1 unspecified atom stereocenters. The van der Waals surface area contributed by atoms with Crippen LogP contribution in [0, 0.1) is 0 Å². The van der Waals surface area contributed by atoms with Gasteiger partial charge in [0.1, 0.15) is 9.84 Å². The van der Waals surface area contributed by atoms with Gasteiger partial charge in [-0.15, -0.1) is 5.10 Å². The molecule has 110 valence electrons. The zero-order valence-corrected chi connectivity index (χ0v) is 13.6. The van der Waals surface area contributed by atoms with Crippen LogP contribution in [0.2, 0.25) is 0 Å². The minimum Gasteiger partial charge on any atom is -0.312 e. The highest BCUT2D eigenvalue weighted by Crippen LogP contribution is 2.28. The fourth-order valence-corrected chi connectivity index (χ4v) is 3.75. The van der Waals surface area contributed by atoms with Crippen molar-refractivity contribution in [3.8, 4) is 0 Å². The third-order valence-corrected chi connectivity index (χ3v) is 5.78. The standard InChI is InChI=1S/C12H23N3O2S2/c1-5-19(16,17)8-6-7-10(13-4)12-11(9(2)3)14-15-18-12/h9-10,13H,5-8H2,1-4H3. The number of sulfone groups is 1. The van der Waals surface area contributed by atoms with Crippen molar-refractivity contribution in [2.24, 2.45) is 0 Å². The number of aromatic nitrogens is 2. The Bertz CT molecular complexity index is 483. The summed E-state index contributed by atoms with van der Waals surface area (Å²) in [5.41, 5.74) is 1.02. The van der Waals surface area contributed by atoms with Crippen LogP contribution in [-0.2, 0) is 9.84 Å². The quantitative estimate of drug-likeness (QED) is 0.796. The summed E-state index contributed by atoms with van der Waals surface area (Å²) in [5, 5.41) is 7.41. The van der Waals surface area contributed by atoms with Gasteiger partial charge in [-0.2, -0.15) is 0 Å². The van der Waals surface area contributed by atoms with Crippen molar-refractivity contribution in [1.29, 1.82) is 0 Å². The monoisotopic (exact) mass is 305 g/mol. The fourth-order valence-electron chi connectivity index (χ4n) is 1.90. The molecule has 1 N–H and O–H groups in total. The van der Waals surface area contributed by atoms with Gasteiger partial charge in [-0.25, -0.2) is 8.42 Å². The first-order valence-electron chi connectivity index (χ1n) is 6.61. The molecule has 1 atom stereocenters. The summed E-state index contributed by atoms with van der Waals surface area (Å²) in [6, 6.07) is 0.143. The van der Waals surface area contributed by atoms with Gasteiger partial charge in [0.15, 0.2) is 0 Å². The van der Waals surface area contributed by atoms with E-state index in [4.69, 9.17) is 0 Å². The van der Waals surface area contributed by atoms with Gasteiger partial charge in [0, 0.05) is 11.8 Å². The smallest absolute Gasteiger partial charge is 0.150 e. The van der Waals surface area contributed by atoms with Gasteiger partial charge in [0.2, 0.25) is 0 Å². The Labute approximate surface area is 119 Å². The summed E-state index contributed by atoms with van der Waals surface area (Å²) in [7, 11) is -0.983. The molecule has 0 spiro atoms. The van der Waals surface area contributed by atoms with Crippen LogP contribution in [-0.4, -0.2) is 36.6 Å². The molecular formula is C12H23N3O2S2. The second-order valence-electron chi connectivity index (χ2n) is 4.90. The van der Waals surface area contributed by atoms with E-state index in [-0.39, 0.29) is 17.5 Å². The average Bonchev–Trinajstić information content (AvgIpc) is 2.84. The van der Waals surface area contributed by atoms with E-state index in [0.29, 0.717) is 12.3 Å². The Morgan fingerprint density at radius 3 is 2.58 bits per heavy atom. The van der Waals surface area contributed by atoms with Crippen LogP contribution in [0.3, 0.4) is 0 Å². The number of hydrogen-bond acceptors (Lipinski definition) is 6. The third-order valence-electron chi connectivity index (χ3n) is 3.14. The van der Waals surface area contributed by atoms with Crippen molar-refractivity contribution in [3.05, 3.63) is 10.6 Å². The fraction of sp³-hybridized carbons (Fsp3) is 0.833. The normalized spacial score (nSPS) is 13.9. The molecule has 1 aromatic rings. The third kappa shape index (κ3) is 4.81. The van der Waals surface area contributed by atoms with Crippen molar-refractivity contribution >= 4 is 21.4 Å². The first kappa shape index (κ1) is 16.5. The number of rotatable bonds is 8. The Hall–Kier alpha value is -0.530. The van der Waals surface area contributed by atoms with Crippen LogP contribution in [0.15, 0.2) is 0 Å². The average molecular weight is 305 g/mol. The molecule has 0 aliphatic carbocycles. The van der Waals surface area contributed by atoms with E-state index >= 15 is 0 Å². The second kappa shape index (κ2) is 7.31. The molecule has 0 aromatic carbocycles. The largest absolute Gasteiger partial charge is 0.312 e. The van der Waals surface area contributed by atoms with Gasteiger partial charge in [-0.3, -0.25) is 0 Å². The lowest BCUT2D eigenvalue weighted by Gasteiger charge is -2.16. The van der Waals surface area contributed by atoms with Crippen LogP contribution in [0.25, 0.3) is 0 Å². The molecule has 1 rings (SSSR count). The highest BCUT2D eigenvalue weighted by Gasteiger charge is 2.20. The summed E-state index contributed by atoms with van der Waals surface area (Å²) in [6.45, 7) is 5.87. The van der Waals surface area contributed by atoms with Gasteiger partial charge in [0.25, 0.3) is 0 Å². The van der Waals surface area contributed by atoms with E-state index in [1.54, 1.807) is 6.92 Å². The van der Waals surface area contributed by atoms with Crippen molar-refractivity contribution in [2.45, 2.75) is 45.6 Å². The van der Waals surface area contributed by atoms with Crippen LogP contribution in [0.1, 0.15) is 56.1 Å². The molecule has 0 saturated heterocycles. The Balaban J connectivity index is 2.66. The lowest BCUT2D eigenvalue weighted by molar-refractivity contribution is 0.535. The molecule has 0 radical (unpaired) electrons. The summed E-state index contributed by atoms with van der Waals surface area (Å²) >= 11 is 1.40. The van der Waals surface area contributed by atoms with Crippen molar-refractivity contribution < 1.29 is 8.42 Å². The summed E-state index contributed by atoms with van der Waals surface area (Å²) in [5.74, 6) is 0.811. The number of nitrogens with one attached hydrogen (secondary N) is 1. The molecule has 0 aliphatic rings. The molecule has 19 heavy (non-hydrogen) atoms. The van der Waals surface area contributed by atoms with Gasteiger partial charge in [-0.05, 0) is 37.3 Å². The van der Waals surface area contributed by atoms with Crippen LogP contribution < -0.4 is 5.32 Å². The van der Waals surface area contributed by atoms with Crippen LogP contribution >= 0.6 is 11.5 Å². The maximum Gasteiger partial charge on any atom is 0.150 e. The second-order valence-corrected chi connectivity index (χ2v) is 8.16. The molecule has 1 heterocycles. The summed E-state index contributed by atoms with van der Waals surface area (Å²) in [6.07, 6.45) is 1.45. The van der Waals surface area contributed by atoms with Gasteiger partial charge in [0.05, 0.1) is 16.3 Å². The molecule has 7 heteroatoms. The lowest BCUT2D eigenvalue weighted by atomic mass is 10.0. The maximum absolute atomic E-state index is 11.5. The molecule has 0 bridgehead atoms. The minimum atomic E-state index is -2.87. The van der Waals surface area contributed by atoms with E-state index in [1.165, 1.54) is 11.5 Å². The highest BCUT2D eigenvalue weighted by atomic mass is 32.2. The molecule has 5 nitrogen and oxygen atoms in total. The summed E-state index contributed by atoms with van der Waals surface area (Å²) in [4.78, 5) is 1.13. The predicted molar refractivity (Wildman–Crippen MR) is 79.4 cm³/mol. The molecule has 0 aliphatic heterocycles. The zero-order valence-electron chi connectivity index (χ0n) is 12.0. The molecule has 0 fully saturated rings. The zero-order chi connectivity index (χ0) is 14.5. The number of hydrogen-bond donors (Lipinski definition) is 1. The van der Waals surface area contributed by atoms with Crippen molar-refractivity contribution in [3.63, 3.8) is 0 Å². The SMILES string of the molecule is CCS(=O)(=O)CCCC(NC)c1snnc1C(C)C. The van der Waals surface area contributed by atoms with Crippen molar-refractivity contribution in [2.75, 3.05) is 18.6 Å². The molecular weight excluding hydrogens is 282 g/mol. The lowest BCUT2D eigenvalue weighted by Crippen LogP contribution is -2.19. The molecule has 0 amide bonds. The van der Waals surface area contributed by atoms with E-state index in [2.05, 4.69) is 28.8 Å². The van der Waals surface area contributed by atoms with E-state index in [1.807, 2.05) is 7.05 Å². The number of nitrogens with zero attached hydrogens (tertiary/aromatic N) is 2. The van der Waals surface area contributed by atoms with E-state index in [9.17, 15) is 8.42 Å². The van der Waals surface area contributed by atoms with E-state index in [0.717, 1.165) is 17.0 Å². The first-order chi connectivity index (χ1) is 8.91. The summed E-state index contributed by atoms with van der Waals surface area (Å²) < 4.78 is 27.0. The van der Waals surface area contributed by atoms with Gasteiger partial charge in [-0.1, -0.05) is 25.3 Å². The Morgan fingerprint density at radius 2 is 2.05 bits per heavy atom. The topological polar surface area (TPSA) is 72.0 Å². The van der Waals surface area contributed by atoms with Crippen LogP contribution in [0.4, 0.5) is 0 Å². The molecule has 0 saturated carbocycles. The van der Waals surface area contributed by atoms with E-state index < -0.39 is 9.84 Å². The minimum absolute atomic E-state index is 0.143. The Kier molecular flexibility index (Phi) is 6.35. The van der Waals surface area contributed by atoms with Gasteiger partial charge < -0.3 is 5.32 Å².